The van der Waals surface area contributed by atoms with E-state index in [1.807, 2.05) is 19.1 Å². The lowest BCUT2D eigenvalue weighted by Gasteiger charge is -2.26. The lowest BCUT2D eigenvalue weighted by Crippen LogP contribution is -3.14. The van der Waals surface area contributed by atoms with E-state index in [-0.39, 0.29) is 11.3 Å². The number of hydrogen-bond acceptors (Lipinski definition) is 5. The SMILES string of the molecule is Cc1ccc(C(O)=C2C(=O)C(=O)N(CCC[NH+]3CCOCC3)[C@H]2c2ccco2)cc1. The van der Waals surface area contributed by atoms with Crippen LogP contribution in [-0.4, -0.2) is 61.1 Å². The van der Waals surface area contributed by atoms with Crippen LogP contribution >= 0.6 is 0 Å². The zero-order valence-electron chi connectivity index (χ0n) is 17.1. The predicted molar refractivity (Wildman–Crippen MR) is 110 cm³/mol. The number of benzene rings is 1. The zero-order valence-corrected chi connectivity index (χ0v) is 17.1. The molecule has 158 valence electrons. The van der Waals surface area contributed by atoms with Crippen molar-refractivity contribution >= 4 is 17.4 Å². The number of carbonyl (C=O) groups excluding carboxylic acids is 2. The van der Waals surface area contributed by atoms with E-state index in [1.54, 1.807) is 24.3 Å². The van der Waals surface area contributed by atoms with Gasteiger partial charge in [-0.05, 0) is 19.1 Å². The minimum atomic E-state index is -0.721. The molecule has 0 aliphatic carbocycles. The summed E-state index contributed by atoms with van der Waals surface area (Å²) >= 11 is 0. The summed E-state index contributed by atoms with van der Waals surface area (Å²) in [5.41, 5.74) is 1.63. The molecular formula is C23H27N2O5+. The van der Waals surface area contributed by atoms with Gasteiger partial charge in [-0.2, -0.15) is 0 Å². The molecule has 2 saturated heterocycles. The molecule has 7 heteroatoms. The van der Waals surface area contributed by atoms with Gasteiger partial charge >= 0.3 is 0 Å². The highest BCUT2D eigenvalue weighted by molar-refractivity contribution is 6.46. The number of Topliss-reactive ketones (excluding diaryl/α,β-unsaturated/α-hetero) is 1. The van der Waals surface area contributed by atoms with Crippen molar-refractivity contribution in [2.75, 3.05) is 39.4 Å². The van der Waals surface area contributed by atoms with Crippen molar-refractivity contribution in [1.29, 1.82) is 0 Å². The molecule has 7 nitrogen and oxygen atoms in total. The van der Waals surface area contributed by atoms with Crippen LogP contribution in [0, 0.1) is 6.92 Å². The highest BCUT2D eigenvalue weighted by Gasteiger charge is 2.47. The molecule has 2 aliphatic rings. The molecule has 3 heterocycles. The highest BCUT2D eigenvalue weighted by Crippen LogP contribution is 2.39. The number of ether oxygens (including phenoxy) is 1. The molecule has 4 rings (SSSR count). The number of hydrogen-bond donors (Lipinski definition) is 2. The van der Waals surface area contributed by atoms with Crippen LogP contribution in [0.5, 0.6) is 0 Å². The molecule has 0 radical (unpaired) electrons. The molecule has 2 aromatic rings. The van der Waals surface area contributed by atoms with Crippen LogP contribution in [0.1, 0.15) is 29.3 Å². The van der Waals surface area contributed by atoms with Gasteiger partial charge in [0.05, 0.1) is 31.6 Å². The van der Waals surface area contributed by atoms with Gasteiger partial charge in [-0.1, -0.05) is 29.8 Å². The molecular weight excluding hydrogens is 384 g/mol. The second kappa shape index (κ2) is 8.85. The number of aliphatic hydroxyl groups is 1. The first kappa shape index (κ1) is 20.4. The number of likely N-dealkylation sites (tertiary alicyclic amines) is 1. The third-order valence-corrected chi connectivity index (χ3v) is 5.81. The Labute approximate surface area is 175 Å². The number of nitrogens with zero attached hydrogens (tertiary/aromatic N) is 1. The lowest BCUT2D eigenvalue weighted by atomic mass is 9.99. The topological polar surface area (TPSA) is 84.4 Å². The van der Waals surface area contributed by atoms with Crippen LogP contribution in [0.4, 0.5) is 0 Å². The number of ketones is 1. The monoisotopic (exact) mass is 411 g/mol. The van der Waals surface area contributed by atoms with Crippen molar-refractivity contribution in [2.45, 2.75) is 19.4 Å². The normalized spacial score (nSPS) is 22.0. The van der Waals surface area contributed by atoms with Crippen LogP contribution in [0.3, 0.4) is 0 Å². The first-order valence-electron chi connectivity index (χ1n) is 10.4. The number of amides is 1. The number of aliphatic hydroxyl groups excluding tert-OH is 1. The molecule has 2 fully saturated rings. The summed E-state index contributed by atoms with van der Waals surface area (Å²) in [7, 11) is 0. The number of morpholine rings is 1. The van der Waals surface area contributed by atoms with Crippen LogP contribution in [0.25, 0.3) is 5.76 Å². The number of carbonyl (C=O) groups is 2. The van der Waals surface area contributed by atoms with Gasteiger partial charge in [0.2, 0.25) is 0 Å². The molecule has 2 N–H and O–H groups in total. The van der Waals surface area contributed by atoms with Crippen molar-refractivity contribution < 1.29 is 28.7 Å². The van der Waals surface area contributed by atoms with Gasteiger partial charge in [0.15, 0.2) is 0 Å². The second-order valence-electron chi connectivity index (χ2n) is 7.84. The molecule has 1 aromatic carbocycles. The number of nitrogens with one attached hydrogen (secondary N) is 1. The number of furan rings is 1. The molecule has 0 spiro atoms. The maximum absolute atomic E-state index is 12.9. The van der Waals surface area contributed by atoms with E-state index >= 15 is 0 Å². The fraction of sp³-hybridized carbons (Fsp3) is 0.391. The van der Waals surface area contributed by atoms with Gasteiger partial charge in [0, 0.05) is 18.5 Å². The summed E-state index contributed by atoms with van der Waals surface area (Å²) in [5.74, 6) is -0.965. The maximum atomic E-state index is 12.9. The number of quaternary nitrogens is 1. The minimum absolute atomic E-state index is 0.0810. The first-order valence-corrected chi connectivity index (χ1v) is 10.4. The Morgan fingerprint density at radius 2 is 1.90 bits per heavy atom. The molecule has 1 amide bonds. The Bertz CT molecular complexity index is 927. The predicted octanol–water partition coefficient (Wildman–Crippen LogP) is 1.31. The van der Waals surface area contributed by atoms with E-state index in [4.69, 9.17) is 9.15 Å². The van der Waals surface area contributed by atoms with E-state index in [0.717, 1.165) is 44.8 Å². The van der Waals surface area contributed by atoms with Gasteiger partial charge in [-0.3, -0.25) is 9.59 Å². The summed E-state index contributed by atoms with van der Waals surface area (Å²) in [6, 6.07) is 9.95. The Hall–Kier alpha value is -2.90. The minimum Gasteiger partial charge on any atom is -0.507 e. The Kier molecular flexibility index (Phi) is 6.01. The van der Waals surface area contributed by atoms with Crippen LogP contribution in [-0.2, 0) is 14.3 Å². The zero-order chi connectivity index (χ0) is 21.1. The van der Waals surface area contributed by atoms with Gasteiger partial charge in [-0.25, -0.2) is 0 Å². The molecule has 1 atom stereocenters. The summed E-state index contributed by atoms with van der Waals surface area (Å²) in [6.07, 6.45) is 2.27. The smallest absolute Gasteiger partial charge is 0.295 e. The molecule has 0 saturated carbocycles. The van der Waals surface area contributed by atoms with Gasteiger partial charge in [-0.15, -0.1) is 0 Å². The fourth-order valence-electron chi connectivity index (χ4n) is 4.13. The molecule has 30 heavy (non-hydrogen) atoms. The lowest BCUT2D eigenvalue weighted by molar-refractivity contribution is -0.908. The van der Waals surface area contributed by atoms with Crippen molar-refractivity contribution in [3.63, 3.8) is 0 Å². The van der Waals surface area contributed by atoms with E-state index in [0.29, 0.717) is 17.9 Å². The molecule has 0 bridgehead atoms. The van der Waals surface area contributed by atoms with E-state index in [2.05, 4.69) is 0 Å². The van der Waals surface area contributed by atoms with Crippen LogP contribution in [0.15, 0.2) is 52.7 Å². The average molecular weight is 411 g/mol. The van der Waals surface area contributed by atoms with Crippen molar-refractivity contribution in [3.05, 3.63) is 65.1 Å². The van der Waals surface area contributed by atoms with Crippen LogP contribution < -0.4 is 4.90 Å². The van der Waals surface area contributed by atoms with Gasteiger partial charge < -0.3 is 24.1 Å². The fourth-order valence-corrected chi connectivity index (χ4v) is 4.13. The Morgan fingerprint density at radius 3 is 2.57 bits per heavy atom. The number of rotatable bonds is 6. The van der Waals surface area contributed by atoms with Crippen molar-refractivity contribution in [2.24, 2.45) is 0 Å². The van der Waals surface area contributed by atoms with Crippen molar-refractivity contribution in [1.82, 2.24) is 4.90 Å². The first-order chi connectivity index (χ1) is 14.6. The third-order valence-electron chi connectivity index (χ3n) is 5.81. The summed E-state index contributed by atoms with van der Waals surface area (Å²) < 4.78 is 11.0. The largest absolute Gasteiger partial charge is 0.507 e. The molecule has 0 unspecified atom stereocenters. The average Bonchev–Trinajstić information content (AvgIpc) is 3.37. The number of aryl methyl sites for hydroxylation is 1. The Morgan fingerprint density at radius 1 is 1.17 bits per heavy atom. The summed E-state index contributed by atoms with van der Waals surface area (Å²) in [4.78, 5) is 28.7. The maximum Gasteiger partial charge on any atom is 0.295 e. The summed E-state index contributed by atoms with van der Waals surface area (Å²) in [5, 5.41) is 10.9. The molecule has 2 aliphatic heterocycles. The van der Waals surface area contributed by atoms with Crippen molar-refractivity contribution in [3.8, 4) is 0 Å². The Balaban J connectivity index is 1.61. The second-order valence-corrected chi connectivity index (χ2v) is 7.84. The summed E-state index contributed by atoms with van der Waals surface area (Å²) in [6.45, 7) is 6.68. The van der Waals surface area contributed by atoms with Gasteiger partial charge in [0.25, 0.3) is 11.7 Å². The highest BCUT2D eigenvalue weighted by atomic mass is 16.5. The van der Waals surface area contributed by atoms with E-state index in [9.17, 15) is 14.7 Å². The van der Waals surface area contributed by atoms with Gasteiger partial charge in [0.1, 0.15) is 30.7 Å². The molecule has 1 aromatic heterocycles. The van der Waals surface area contributed by atoms with E-state index < -0.39 is 17.7 Å². The third kappa shape index (κ3) is 4.04. The van der Waals surface area contributed by atoms with E-state index in [1.165, 1.54) is 16.1 Å². The van der Waals surface area contributed by atoms with Crippen LogP contribution in [0.2, 0.25) is 0 Å². The standard InChI is InChI=1S/C23H26N2O5/c1-16-5-7-17(8-6-16)21(26)19-20(18-4-2-13-30-18)25(23(28)22(19)27)10-3-9-24-11-14-29-15-12-24/h2,4-8,13,20,26H,3,9-12,14-15H2,1H3/p+1/t20-/m0/s1. The quantitative estimate of drug-likeness (QED) is 0.426.